The first-order chi connectivity index (χ1) is 11.7. The molecule has 4 nitrogen and oxygen atoms in total. The van der Waals surface area contributed by atoms with E-state index in [0.29, 0.717) is 13.2 Å². The maximum atomic E-state index is 12.1. The molecule has 3 rings (SSSR count). The van der Waals surface area contributed by atoms with Crippen LogP contribution in [0.25, 0.3) is 0 Å². The quantitative estimate of drug-likeness (QED) is 0.792. The summed E-state index contributed by atoms with van der Waals surface area (Å²) in [7, 11) is 1.69. The van der Waals surface area contributed by atoms with Gasteiger partial charge in [0, 0.05) is 13.1 Å². The van der Waals surface area contributed by atoms with Crippen molar-refractivity contribution in [1.82, 2.24) is 4.90 Å². The average molecular weight is 325 g/mol. The van der Waals surface area contributed by atoms with Crippen molar-refractivity contribution < 1.29 is 14.3 Å². The van der Waals surface area contributed by atoms with E-state index < -0.39 is 0 Å². The lowest BCUT2D eigenvalue weighted by molar-refractivity contribution is -0.146. The van der Waals surface area contributed by atoms with Crippen molar-refractivity contribution in [3.63, 3.8) is 0 Å². The third-order valence-electron chi connectivity index (χ3n) is 4.40. The maximum absolute atomic E-state index is 12.1. The standard InChI is InChI=1S/C20H23NO3/c1-15-10-17-8-9-21(12-18(17)11-19(15)23-2)13-20(22)24-14-16-6-4-3-5-7-16/h3-7,10-11H,8-9,12-14H2,1-2H3. The van der Waals surface area contributed by atoms with Crippen LogP contribution in [0, 0.1) is 6.92 Å². The van der Waals surface area contributed by atoms with Gasteiger partial charge in [-0.3, -0.25) is 9.69 Å². The van der Waals surface area contributed by atoms with Gasteiger partial charge in [0.2, 0.25) is 0 Å². The number of aryl methyl sites for hydroxylation is 1. The van der Waals surface area contributed by atoms with Gasteiger partial charge in [0.1, 0.15) is 12.4 Å². The number of nitrogens with zero attached hydrogens (tertiary/aromatic N) is 1. The van der Waals surface area contributed by atoms with Crippen LogP contribution in [0.2, 0.25) is 0 Å². The van der Waals surface area contributed by atoms with Gasteiger partial charge in [-0.25, -0.2) is 0 Å². The van der Waals surface area contributed by atoms with Crippen molar-refractivity contribution in [1.29, 1.82) is 0 Å². The van der Waals surface area contributed by atoms with E-state index in [1.165, 1.54) is 11.1 Å². The van der Waals surface area contributed by atoms with Crippen molar-refractivity contribution in [2.24, 2.45) is 0 Å². The van der Waals surface area contributed by atoms with Crippen molar-refractivity contribution in [3.05, 3.63) is 64.7 Å². The molecule has 0 bridgehead atoms. The van der Waals surface area contributed by atoms with E-state index in [0.717, 1.165) is 36.4 Å². The summed E-state index contributed by atoms with van der Waals surface area (Å²) in [4.78, 5) is 14.2. The average Bonchev–Trinajstić information content (AvgIpc) is 2.60. The van der Waals surface area contributed by atoms with Gasteiger partial charge in [-0.15, -0.1) is 0 Å². The first-order valence-corrected chi connectivity index (χ1v) is 8.24. The molecular formula is C20H23NO3. The lowest BCUT2D eigenvalue weighted by atomic mass is 9.97. The third kappa shape index (κ3) is 3.95. The lowest BCUT2D eigenvalue weighted by Crippen LogP contribution is -2.35. The van der Waals surface area contributed by atoms with Gasteiger partial charge >= 0.3 is 5.97 Å². The van der Waals surface area contributed by atoms with Crippen molar-refractivity contribution >= 4 is 5.97 Å². The molecule has 0 saturated heterocycles. The molecule has 4 heteroatoms. The first-order valence-electron chi connectivity index (χ1n) is 8.24. The molecular weight excluding hydrogens is 302 g/mol. The van der Waals surface area contributed by atoms with E-state index in [-0.39, 0.29) is 5.97 Å². The first kappa shape index (κ1) is 16.5. The summed E-state index contributed by atoms with van der Waals surface area (Å²) in [5, 5.41) is 0. The zero-order chi connectivity index (χ0) is 16.9. The molecule has 0 unspecified atom stereocenters. The predicted molar refractivity (Wildman–Crippen MR) is 93.0 cm³/mol. The highest BCUT2D eigenvalue weighted by Crippen LogP contribution is 2.27. The van der Waals surface area contributed by atoms with E-state index in [2.05, 4.69) is 24.0 Å². The van der Waals surface area contributed by atoms with Crippen LogP contribution in [0.5, 0.6) is 5.75 Å². The molecule has 0 aromatic heterocycles. The number of methoxy groups -OCH3 is 1. The normalized spacial score (nSPS) is 14.1. The van der Waals surface area contributed by atoms with Crippen LogP contribution in [0.4, 0.5) is 0 Å². The van der Waals surface area contributed by atoms with E-state index >= 15 is 0 Å². The number of benzene rings is 2. The van der Waals surface area contributed by atoms with Gasteiger partial charge in [-0.05, 0) is 41.7 Å². The minimum atomic E-state index is -0.179. The molecule has 0 amide bonds. The van der Waals surface area contributed by atoms with Gasteiger partial charge in [-0.1, -0.05) is 36.4 Å². The molecule has 0 saturated carbocycles. The summed E-state index contributed by atoms with van der Waals surface area (Å²) in [6, 6.07) is 14.0. The summed E-state index contributed by atoms with van der Waals surface area (Å²) in [5.74, 6) is 0.726. The number of hydrogen-bond acceptors (Lipinski definition) is 4. The second-order valence-electron chi connectivity index (χ2n) is 6.20. The number of carbonyl (C=O) groups excluding carboxylic acids is 1. The highest BCUT2D eigenvalue weighted by atomic mass is 16.5. The van der Waals surface area contributed by atoms with E-state index in [9.17, 15) is 4.79 Å². The molecule has 0 fully saturated rings. The fourth-order valence-corrected chi connectivity index (χ4v) is 3.09. The third-order valence-corrected chi connectivity index (χ3v) is 4.40. The maximum Gasteiger partial charge on any atom is 0.320 e. The molecule has 2 aromatic rings. The van der Waals surface area contributed by atoms with Crippen LogP contribution in [-0.4, -0.2) is 31.1 Å². The summed E-state index contributed by atoms with van der Waals surface area (Å²) < 4.78 is 10.8. The van der Waals surface area contributed by atoms with Gasteiger partial charge in [-0.2, -0.15) is 0 Å². The van der Waals surface area contributed by atoms with Gasteiger partial charge < -0.3 is 9.47 Å². The molecule has 1 aliphatic heterocycles. The summed E-state index contributed by atoms with van der Waals surface area (Å²) in [6.45, 7) is 4.34. The number of ether oxygens (including phenoxy) is 2. The summed E-state index contributed by atoms with van der Waals surface area (Å²) in [5.41, 5.74) is 4.75. The van der Waals surface area contributed by atoms with E-state index in [1.54, 1.807) is 7.11 Å². The Morgan fingerprint density at radius 3 is 2.71 bits per heavy atom. The largest absolute Gasteiger partial charge is 0.496 e. The van der Waals surface area contributed by atoms with Gasteiger partial charge in [0.25, 0.3) is 0 Å². The SMILES string of the molecule is COc1cc2c(cc1C)CCN(CC(=O)OCc1ccccc1)C2. The molecule has 24 heavy (non-hydrogen) atoms. The second-order valence-corrected chi connectivity index (χ2v) is 6.20. The predicted octanol–water partition coefficient (Wildman–Crippen LogP) is 3.11. The Morgan fingerprint density at radius 1 is 1.17 bits per heavy atom. The zero-order valence-corrected chi connectivity index (χ0v) is 14.2. The van der Waals surface area contributed by atoms with E-state index in [1.807, 2.05) is 30.3 Å². The molecule has 0 N–H and O–H groups in total. The number of rotatable bonds is 5. The molecule has 2 aromatic carbocycles. The number of esters is 1. The number of fused-ring (bicyclic) bond motifs is 1. The van der Waals surface area contributed by atoms with Crippen molar-refractivity contribution in [2.75, 3.05) is 20.2 Å². The Hall–Kier alpha value is -2.33. The molecule has 1 heterocycles. The Morgan fingerprint density at radius 2 is 1.96 bits per heavy atom. The number of carbonyl (C=O) groups is 1. The fourth-order valence-electron chi connectivity index (χ4n) is 3.09. The highest BCUT2D eigenvalue weighted by molar-refractivity contribution is 5.71. The van der Waals surface area contributed by atoms with Crippen LogP contribution in [-0.2, 0) is 29.1 Å². The van der Waals surface area contributed by atoms with Crippen LogP contribution >= 0.6 is 0 Å². The summed E-state index contributed by atoms with van der Waals surface area (Å²) in [6.07, 6.45) is 0.951. The van der Waals surface area contributed by atoms with Crippen LogP contribution < -0.4 is 4.74 Å². The monoisotopic (exact) mass is 325 g/mol. The molecule has 0 radical (unpaired) electrons. The van der Waals surface area contributed by atoms with Crippen LogP contribution in [0.15, 0.2) is 42.5 Å². The highest BCUT2D eigenvalue weighted by Gasteiger charge is 2.20. The van der Waals surface area contributed by atoms with Crippen LogP contribution in [0.3, 0.4) is 0 Å². The molecule has 0 spiro atoms. The molecule has 1 aliphatic rings. The lowest BCUT2D eigenvalue weighted by Gasteiger charge is -2.28. The van der Waals surface area contributed by atoms with E-state index in [4.69, 9.17) is 9.47 Å². The molecule has 0 aliphatic carbocycles. The smallest absolute Gasteiger partial charge is 0.320 e. The Labute approximate surface area is 143 Å². The Balaban J connectivity index is 1.56. The topological polar surface area (TPSA) is 38.8 Å². The van der Waals surface area contributed by atoms with Gasteiger partial charge in [0.05, 0.1) is 13.7 Å². The summed E-state index contributed by atoms with van der Waals surface area (Å²) >= 11 is 0. The van der Waals surface area contributed by atoms with Gasteiger partial charge in [0.15, 0.2) is 0 Å². The molecule has 126 valence electrons. The van der Waals surface area contributed by atoms with Crippen molar-refractivity contribution in [2.45, 2.75) is 26.5 Å². The zero-order valence-electron chi connectivity index (χ0n) is 14.2. The minimum absolute atomic E-state index is 0.179. The minimum Gasteiger partial charge on any atom is -0.496 e. The van der Waals surface area contributed by atoms with Crippen molar-refractivity contribution in [3.8, 4) is 5.75 Å². The Kier molecular flexibility index (Phi) is 5.16. The molecule has 0 atom stereocenters. The second kappa shape index (κ2) is 7.49. The fraction of sp³-hybridized carbons (Fsp3) is 0.350. The van der Waals surface area contributed by atoms with Crippen LogP contribution in [0.1, 0.15) is 22.3 Å². The Bertz CT molecular complexity index is 712. The number of hydrogen-bond donors (Lipinski definition) is 0.